The maximum atomic E-state index is 13.0. The second kappa shape index (κ2) is 25.6. The number of pyridine rings is 2. The molecule has 0 N–H and O–H groups in total. The molecule has 4 heterocycles. The van der Waals surface area contributed by atoms with E-state index in [1.165, 1.54) is 21.3 Å². The minimum atomic E-state index is -0.568. The van der Waals surface area contributed by atoms with Crippen LogP contribution in [0.5, 0.6) is 17.2 Å². The second-order valence-electron chi connectivity index (χ2n) is 16.7. The molecule has 15 nitrogen and oxygen atoms in total. The average Bonchev–Trinajstić information content (AvgIpc) is 3.51. The number of aromatic nitrogens is 2. The van der Waals surface area contributed by atoms with Crippen molar-refractivity contribution in [2.24, 2.45) is 4.99 Å². The minimum absolute atomic E-state index is 0.151. The van der Waals surface area contributed by atoms with E-state index in [2.05, 4.69) is 50.2 Å². The summed E-state index contributed by atoms with van der Waals surface area (Å²) in [6, 6.07) is 29.0. The van der Waals surface area contributed by atoms with Crippen molar-refractivity contribution in [1.82, 2.24) is 24.7 Å². The van der Waals surface area contributed by atoms with Gasteiger partial charge in [-0.15, -0.1) is 0 Å². The summed E-state index contributed by atoms with van der Waals surface area (Å²) in [6.07, 6.45) is 2.28. The molecule has 5 aromatic rings. The van der Waals surface area contributed by atoms with E-state index in [9.17, 15) is 14.4 Å². The van der Waals surface area contributed by atoms with Gasteiger partial charge < -0.3 is 28.4 Å². The molecule has 72 heavy (non-hydrogen) atoms. The van der Waals surface area contributed by atoms with Crippen LogP contribution in [0.3, 0.4) is 0 Å². The van der Waals surface area contributed by atoms with Crippen molar-refractivity contribution in [2.75, 3.05) is 88.5 Å². The number of aliphatic imine (C=N–C) groups is 1. The smallest absolute Gasteiger partial charge is 0.356 e. The molecule has 15 heteroatoms. The highest BCUT2D eigenvalue weighted by molar-refractivity contribution is 6.37. The molecule has 0 saturated carbocycles. The van der Waals surface area contributed by atoms with E-state index in [1.54, 1.807) is 33.5 Å². The fourth-order valence-corrected chi connectivity index (χ4v) is 7.95. The number of esters is 3. The van der Waals surface area contributed by atoms with Crippen LogP contribution in [0.1, 0.15) is 66.6 Å². The standard InChI is InChI=1S/C57H56N6O9/c1-67-49-19-13-40(14-20-49)7-10-43-31-46(58-52(34-43)55(64)70-4)37-61-25-27-62(38-47-32-44(35-53(59-47)56(65)71-5)11-8-41-15-21-50(68-2)22-16-41)29-30-63(28-26-61)39-48-33-45(36-54(60-48)57(66)72-6)12-9-42-17-23-51(69-3)24-18-42/h13-24,31-35,48H,25-30,36-39H2,1-6H3. The van der Waals surface area contributed by atoms with Gasteiger partial charge in [0.1, 0.15) is 34.3 Å². The molecule has 2 aliphatic heterocycles. The quantitative estimate of drug-likeness (QED) is 0.0834. The van der Waals surface area contributed by atoms with E-state index in [1.807, 2.05) is 91.0 Å². The van der Waals surface area contributed by atoms with Gasteiger partial charge in [-0.3, -0.25) is 19.7 Å². The molecule has 2 aliphatic rings. The number of allylic oxidation sites excluding steroid dienone is 1. The number of hydrogen-bond donors (Lipinski definition) is 0. The van der Waals surface area contributed by atoms with Crippen LogP contribution in [0.25, 0.3) is 0 Å². The summed E-state index contributed by atoms with van der Waals surface area (Å²) >= 11 is 0. The van der Waals surface area contributed by atoms with E-state index >= 15 is 0 Å². The van der Waals surface area contributed by atoms with Gasteiger partial charge in [0.15, 0.2) is 0 Å². The summed E-state index contributed by atoms with van der Waals surface area (Å²) in [7, 11) is 8.84. The van der Waals surface area contributed by atoms with Crippen LogP contribution in [0.4, 0.5) is 0 Å². The van der Waals surface area contributed by atoms with Crippen LogP contribution in [0, 0.1) is 35.5 Å². The van der Waals surface area contributed by atoms with Crippen LogP contribution < -0.4 is 14.2 Å². The van der Waals surface area contributed by atoms with Gasteiger partial charge in [0, 0.05) is 98.7 Å². The van der Waals surface area contributed by atoms with E-state index in [-0.39, 0.29) is 17.8 Å². The largest absolute Gasteiger partial charge is 0.497 e. The van der Waals surface area contributed by atoms with Gasteiger partial charge in [-0.25, -0.2) is 24.4 Å². The highest BCUT2D eigenvalue weighted by Crippen LogP contribution is 2.20. The Morgan fingerprint density at radius 3 is 1.25 bits per heavy atom. The lowest BCUT2D eigenvalue weighted by Gasteiger charge is -2.28. The molecule has 0 bridgehead atoms. The number of hydrogen-bond acceptors (Lipinski definition) is 15. The number of dihydropyridines is 1. The van der Waals surface area contributed by atoms with Crippen molar-refractivity contribution in [2.45, 2.75) is 25.6 Å². The van der Waals surface area contributed by atoms with E-state index in [0.717, 1.165) is 39.5 Å². The van der Waals surface area contributed by atoms with Crippen molar-refractivity contribution in [3.63, 3.8) is 0 Å². The zero-order valence-electron chi connectivity index (χ0n) is 41.3. The van der Waals surface area contributed by atoms with Crippen molar-refractivity contribution in [3.05, 3.63) is 159 Å². The van der Waals surface area contributed by atoms with Gasteiger partial charge in [-0.2, -0.15) is 0 Å². The Hall–Kier alpha value is -8.26. The molecule has 0 spiro atoms. The molecule has 1 fully saturated rings. The third-order valence-electron chi connectivity index (χ3n) is 11.8. The molecular formula is C57H56N6O9. The summed E-state index contributed by atoms with van der Waals surface area (Å²) in [6.45, 7) is 5.02. The average molecular weight is 969 g/mol. The van der Waals surface area contributed by atoms with Crippen molar-refractivity contribution in [1.29, 1.82) is 0 Å². The first-order valence-corrected chi connectivity index (χ1v) is 23.2. The summed E-state index contributed by atoms with van der Waals surface area (Å²) in [5, 5.41) is 0. The molecule has 1 saturated heterocycles. The summed E-state index contributed by atoms with van der Waals surface area (Å²) in [5.74, 6) is 19.8. The molecule has 0 aliphatic carbocycles. The zero-order valence-corrected chi connectivity index (χ0v) is 41.3. The molecule has 3 aromatic carbocycles. The van der Waals surface area contributed by atoms with Crippen LogP contribution in [-0.2, 0) is 32.1 Å². The second-order valence-corrected chi connectivity index (χ2v) is 16.7. The van der Waals surface area contributed by atoms with Crippen molar-refractivity contribution < 1.29 is 42.8 Å². The molecule has 7 rings (SSSR count). The van der Waals surface area contributed by atoms with E-state index < -0.39 is 23.9 Å². The lowest BCUT2D eigenvalue weighted by Crippen LogP contribution is -2.40. The summed E-state index contributed by atoms with van der Waals surface area (Å²) < 4.78 is 31.3. The number of ether oxygens (including phenoxy) is 6. The first-order valence-electron chi connectivity index (χ1n) is 23.2. The number of methoxy groups -OCH3 is 6. The van der Waals surface area contributed by atoms with Gasteiger partial charge in [0.05, 0.1) is 60.1 Å². The molecule has 0 amide bonds. The SMILES string of the molecule is COC(=O)C1=NC(CN2CCN(Cc3cc(C#Cc4ccc(OC)cc4)cc(C(=O)OC)n3)CCN(Cc3cc(C#Cc4ccc(OC)cc4)cc(C(=O)OC)n3)CC2)C=C(C#Cc2ccc(OC)cc2)C1. The van der Waals surface area contributed by atoms with Gasteiger partial charge in [0.25, 0.3) is 0 Å². The Bertz CT molecular complexity index is 2850. The molecule has 2 aromatic heterocycles. The number of rotatable bonds is 12. The van der Waals surface area contributed by atoms with Gasteiger partial charge in [-0.1, -0.05) is 35.5 Å². The summed E-state index contributed by atoms with van der Waals surface area (Å²) in [4.78, 5) is 60.2. The normalized spacial score (nSPS) is 15.1. The number of carbonyl (C=O) groups is 3. The maximum Gasteiger partial charge on any atom is 0.356 e. The Morgan fingerprint density at radius 1 is 0.486 bits per heavy atom. The number of nitrogens with zero attached hydrogens (tertiary/aromatic N) is 6. The number of carbonyl (C=O) groups excluding carboxylic acids is 3. The maximum absolute atomic E-state index is 13.0. The van der Waals surface area contributed by atoms with Crippen molar-refractivity contribution in [3.8, 4) is 52.8 Å². The first-order chi connectivity index (χ1) is 35.0. The predicted octanol–water partition coefficient (Wildman–Crippen LogP) is 5.86. The van der Waals surface area contributed by atoms with E-state index in [0.29, 0.717) is 87.1 Å². The predicted molar refractivity (Wildman–Crippen MR) is 272 cm³/mol. The van der Waals surface area contributed by atoms with Crippen LogP contribution in [-0.4, -0.2) is 143 Å². The molecule has 368 valence electrons. The minimum Gasteiger partial charge on any atom is -0.497 e. The van der Waals surface area contributed by atoms with Crippen molar-refractivity contribution >= 4 is 23.6 Å². The lowest BCUT2D eigenvalue weighted by molar-refractivity contribution is -0.132. The highest BCUT2D eigenvalue weighted by atomic mass is 16.5. The monoisotopic (exact) mass is 968 g/mol. The van der Waals surface area contributed by atoms with Gasteiger partial charge in [0.2, 0.25) is 0 Å². The Labute approximate surface area is 420 Å². The van der Waals surface area contributed by atoms with Crippen LogP contribution >= 0.6 is 0 Å². The Morgan fingerprint density at radius 2 is 0.861 bits per heavy atom. The molecule has 1 atom stereocenters. The van der Waals surface area contributed by atoms with Gasteiger partial charge >= 0.3 is 17.9 Å². The zero-order chi connectivity index (χ0) is 50.8. The van der Waals surface area contributed by atoms with Gasteiger partial charge in [-0.05, 0) is 103 Å². The van der Waals surface area contributed by atoms with E-state index in [4.69, 9.17) is 43.4 Å². The van der Waals surface area contributed by atoms with Crippen LogP contribution in [0.2, 0.25) is 0 Å². The first kappa shape index (κ1) is 51.6. The molecular weight excluding hydrogens is 913 g/mol. The third kappa shape index (κ3) is 14.9. The summed E-state index contributed by atoms with van der Waals surface area (Å²) in [5.41, 5.74) is 6.26. The Kier molecular flexibility index (Phi) is 18.3. The molecule has 0 radical (unpaired) electrons. The third-order valence-corrected chi connectivity index (χ3v) is 11.8. The number of benzene rings is 3. The lowest BCUT2D eigenvalue weighted by atomic mass is 10.0. The fraction of sp³-hybridized carbons (Fsp3) is 0.298. The highest BCUT2D eigenvalue weighted by Gasteiger charge is 2.25. The fourth-order valence-electron chi connectivity index (χ4n) is 7.95. The van der Waals surface area contributed by atoms with Crippen LogP contribution in [0.15, 0.2) is 114 Å². The molecule has 1 unspecified atom stereocenters. The topological polar surface area (TPSA) is 154 Å². The Balaban J connectivity index is 1.19.